The Kier molecular flexibility index (Phi) is 2.69. The molecule has 102 valence electrons. The molecule has 1 aliphatic rings. The van der Waals surface area contributed by atoms with Gasteiger partial charge in [-0.05, 0) is 26.0 Å². The third kappa shape index (κ3) is 1.59. The molecule has 0 bridgehead atoms. The van der Waals surface area contributed by atoms with Gasteiger partial charge in [0.25, 0.3) is 0 Å². The first-order chi connectivity index (χ1) is 9.46. The maximum Gasteiger partial charge on any atom is 0.131 e. The second kappa shape index (κ2) is 4.18. The summed E-state index contributed by atoms with van der Waals surface area (Å²) in [4.78, 5) is 8.40. The lowest BCUT2D eigenvalue weighted by molar-refractivity contribution is 0.314. The molecule has 3 N–H and O–H groups in total. The van der Waals surface area contributed by atoms with Crippen molar-refractivity contribution in [1.82, 2.24) is 9.97 Å². The molecule has 5 nitrogen and oxygen atoms in total. The number of benzene rings is 1. The number of rotatable bonds is 0. The number of fused-ring (bicyclic) bond motifs is 3. The molecule has 0 saturated carbocycles. The van der Waals surface area contributed by atoms with Crippen molar-refractivity contribution in [3.05, 3.63) is 40.7 Å². The summed E-state index contributed by atoms with van der Waals surface area (Å²) in [7, 11) is 0. The molecule has 0 atom stereocenters. The Balaban J connectivity index is 2.46. The SMILES string of the molecule is CC1(C)C(=NO)c2cc(Cl)ccc2-c2ncnc(N)c21. The molecule has 1 heterocycles. The molecule has 1 aliphatic carbocycles. The van der Waals surface area contributed by atoms with Crippen molar-refractivity contribution >= 4 is 23.1 Å². The standard InChI is InChI=1S/C14H13ClN4O/c1-14(2)10-11(17-6-18-13(10)16)8-4-3-7(15)5-9(8)12(14)19-20/h3-6,20H,1-2H3,(H2,16,17,18). The van der Waals surface area contributed by atoms with E-state index in [2.05, 4.69) is 15.1 Å². The zero-order valence-electron chi connectivity index (χ0n) is 11.1. The lowest BCUT2D eigenvalue weighted by atomic mass is 9.70. The Morgan fingerprint density at radius 1 is 1.25 bits per heavy atom. The quantitative estimate of drug-likeness (QED) is 0.577. The van der Waals surface area contributed by atoms with Gasteiger partial charge in [0.1, 0.15) is 12.1 Å². The van der Waals surface area contributed by atoms with Crippen LogP contribution in [0.15, 0.2) is 29.7 Å². The lowest BCUT2D eigenvalue weighted by Crippen LogP contribution is -2.36. The fourth-order valence-corrected chi connectivity index (χ4v) is 2.94. The normalized spacial score (nSPS) is 17.6. The van der Waals surface area contributed by atoms with Crippen LogP contribution >= 0.6 is 11.6 Å². The van der Waals surface area contributed by atoms with E-state index in [1.807, 2.05) is 19.9 Å². The van der Waals surface area contributed by atoms with Crippen LogP contribution in [0.25, 0.3) is 11.3 Å². The van der Waals surface area contributed by atoms with Crippen molar-refractivity contribution in [3.63, 3.8) is 0 Å². The predicted molar refractivity (Wildman–Crippen MR) is 78.2 cm³/mol. The molecule has 2 aromatic rings. The van der Waals surface area contributed by atoms with Crippen molar-refractivity contribution in [1.29, 1.82) is 0 Å². The Hall–Kier alpha value is -2.14. The van der Waals surface area contributed by atoms with Gasteiger partial charge in [-0.15, -0.1) is 0 Å². The number of hydrogen-bond acceptors (Lipinski definition) is 5. The maximum absolute atomic E-state index is 9.44. The van der Waals surface area contributed by atoms with Gasteiger partial charge in [-0.3, -0.25) is 0 Å². The van der Waals surface area contributed by atoms with Gasteiger partial charge in [-0.2, -0.15) is 0 Å². The average molecular weight is 289 g/mol. The zero-order valence-corrected chi connectivity index (χ0v) is 11.8. The number of halogens is 1. The van der Waals surface area contributed by atoms with Crippen LogP contribution in [0.2, 0.25) is 5.02 Å². The van der Waals surface area contributed by atoms with Crippen LogP contribution in [0.1, 0.15) is 25.0 Å². The molecular formula is C14H13ClN4O. The first-order valence-electron chi connectivity index (χ1n) is 6.10. The highest BCUT2D eigenvalue weighted by molar-refractivity contribution is 6.31. The number of nitrogens with zero attached hydrogens (tertiary/aromatic N) is 3. The highest BCUT2D eigenvalue weighted by Crippen LogP contribution is 2.44. The van der Waals surface area contributed by atoms with E-state index in [0.29, 0.717) is 16.6 Å². The Morgan fingerprint density at radius 2 is 2.00 bits per heavy atom. The van der Waals surface area contributed by atoms with Crippen LogP contribution in [0.3, 0.4) is 0 Å². The second-order valence-electron chi connectivity index (χ2n) is 5.25. The smallest absolute Gasteiger partial charge is 0.131 e. The van der Waals surface area contributed by atoms with E-state index in [-0.39, 0.29) is 0 Å². The Labute approximate surface area is 121 Å². The lowest BCUT2D eigenvalue weighted by Gasteiger charge is -2.34. The van der Waals surface area contributed by atoms with E-state index < -0.39 is 5.41 Å². The molecule has 6 heteroatoms. The third-order valence-corrected chi connectivity index (χ3v) is 3.92. The highest BCUT2D eigenvalue weighted by atomic mass is 35.5. The van der Waals surface area contributed by atoms with Gasteiger partial charge in [-0.25, -0.2) is 9.97 Å². The van der Waals surface area contributed by atoms with E-state index in [4.69, 9.17) is 17.3 Å². The molecule has 3 rings (SSSR count). The summed E-state index contributed by atoms with van der Waals surface area (Å²) in [6.45, 7) is 3.84. The molecule has 20 heavy (non-hydrogen) atoms. The van der Waals surface area contributed by atoms with Crippen LogP contribution in [0, 0.1) is 0 Å². The van der Waals surface area contributed by atoms with Crippen molar-refractivity contribution < 1.29 is 5.21 Å². The monoisotopic (exact) mass is 288 g/mol. The average Bonchev–Trinajstić information content (AvgIpc) is 2.38. The molecule has 0 fully saturated rings. The van der Waals surface area contributed by atoms with Crippen LogP contribution < -0.4 is 5.73 Å². The molecule has 1 aromatic heterocycles. The van der Waals surface area contributed by atoms with Crippen LogP contribution in [0.4, 0.5) is 5.82 Å². The van der Waals surface area contributed by atoms with Crippen molar-refractivity contribution in [2.75, 3.05) is 5.73 Å². The number of anilines is 1. The minimum absolute atomic E-state index is 0.391. The van der Waals surface area contributed by atoms with Gasteiger partial charge < -0.3 is 10.9 Å². The van der Waals surface area contributed by atoms with E-state index in [1.165, 1.54) is 6.33 Å². The summed E-state index contributed by atoms with van der Waals surface area (Å²) in [6, 6.07) is 5.40. The van der Waals surface area contributed by atoms with Crippen LogP contribution in [-0.4, -0.2) is 20.9 Å². The molecule has 0 spiro atoms. The van der Waals surface area contributed by atoms with E-state index in [1.54, 1.807) is 12.1 Å². The zero-order chi connectivity index (χ0) is 14.5. The maximum atomic E-state index is 9.44. The summed E-state index contributed by atoms with van der Waals surface area (Å²) >= 11 is 6.06. The Morgan fingerprint density at radius 3 is 2.70 bits per heavy atom. The van der Waals surface area contributed by atoms with Crippen molar-refractivity contribution in [2.45, 2.75) is 19.3 Å². The summed E-state index contributed by atoms with van der Waals surface area (Å²) in [6.07, 6.45) is 1.43. The van der Waals surface area contributed by atoms with Crippen molar-refractivity contribution in [3.8, 4) is 11.3 Å². The fourth-order valence-electron chi connectivity index (χ4n) is 2.77. The first-order valence-corrected chi connectivity index (χ1v) is 6.48. The summed E-state index contributed by atoms with van der Waals surface area (Å²) in [5.74, 6) is 0.391. The summed E-state index contributed by atoms with van der Waals surface area (Å²) < 4.78 is 0. The topological polar surface area (TPSA) is 84.4 Å². The molecular weight excluding hydrogens is 276 g/mol. The van der Waals surface area contributed by atoms with Gasteiger partial charge in [0, 0.05) is 27.1 Å². The summed E-state index contributed by atoms with van der Waals surface area (Å²) in [5.41, 5.74) is 9.02. The van der Waals surface area contributed by atoms with Gasteiger partial charge >= 0.3 is 0 Å². The van der Waals surface area contributed by atoms with E-state index in [0.717, 1.165) is 22.4 Å². The fraction of sp³-hybridized carbons (Fsp3) is 0.214. The minimum atomic E-state index is -0.604. The number of oxime groups is 1. The second-order valence-corrected chi connectivity index (χ2v) is 5.68. The molecule has 0 unspecified atom stereocenters. The van der Waals surface area contributed by atoms with E-state index in [9.17, 15) is 5.21 Å². The Bertz CT molecular complexity index is 740. The van der Waals surface area contributed by atoms with Gasteiger partial charge in [0.15, 0.2) is 0 Å². The number of nitrogen functional groups attached to an aromatic ring is 1. The number of aromatic nitrogens is 2. The minimum Gasteiger partial charge on any atom is -0.411 e. The molecule has 0 radical (unpaired) electrons. The van der Waals surface area contributed by atoms with Crippen molar-refractivity contribution in [2.24, 2.45) is 5.16 Å². The van der Waals surface area contributed by atoms with Crippen LogP contribution in [0.5, 0.6) is 0 Å². The van der Waals surface area contributed by atoms with Crippen LogP contribution in [-0.2, 0) is 5.41 Å². The predicted octanol–water partition coefficient (Wildman–Crippen LogP) is 2.85. The van der Waals surface area contributed by atoms with E-state index >= 15 is 0 Å². The summed E-state index contributed by atoms with van der Waals surface area (Å²) in [5, 5.41) is 13.5. The highest BCUT2D eigenvalue weighted by Gasteiger charge is 2.40. The molecule has 1 aromatic carbocycles. The largest absolute Gasteiger partial charge is 0.411 e. The molecule has 0 aliphatic heterocycles. The third-order valence-electron chi connectivity index (χ3n) is 3.69. The van der Waals surface area contributed by atoms with Gasteiger partial charge in [0.05, 0.1) is 11.4 Å². The molecule has 0 amide bonds. The van der Waals surface area contributed by atoms with Gasteiger partial charge in [-0.1, -0.05) is 22.8 Å². The first kappa shape index (κ1) is 12.9. The number of hydrogen-bond donors (Lipinski definition) is 2. The number of nitrogens with two attached hydrogens (primary N) is 1. The molecule has 0 saturated heterocycles. The van der Waals surface area contributed by atoms with Gasteiger partial charge in [0.2, 0.25) is 0 Å².